The molecule has 7 heteroatoms. The SMILES string of the molecule is CCc1ccc(NC(=O)[C@H](C)N(c2cccc(Cl)c2)S(C)(=O)=O)cc1. The minimum atomic E-state index is -3.67. The zero-order chi connectivity index (χ0) is 18.6. The van der Waals surface area contributed by atoms with E-state index in [1.165, 1.54) is 13.0 Å². The second kappa shape index (κ2) is 7.89. The summed E-state index contributed by atoms with van der Waals surface area (Å²) in [5.41, 5.74) is 2.12. The van der Waals surface area contributed by atoms with Crippen LogP contribution in [0.4, 0.5) is 11.4 Å². The number of nitrogens with zero attached hydrogens (tertiary/aromatic N) is 1. The first-order valence-electron chi connectivity index (χ1n) is 7.87. The summed E-state index contributed by atoms with van der Waals surface area (Å²) in [5, 5.41) is 3.15. The van der Waals surface area contributed by atoms with Gasteiger partial charge in [0.1, 0.15) is 6.04 Å². The molecule has 0 bridgehead atoms. The third-order valence-electron chi connectivity index (χ3n) is 3.78. The summed E-state index contributed by atoms with van der Waals surface area (Å²) in [6.45, 7) is 3.59. The van der Waals surface area contributed by atoms with Crippen LogP contribution >= 0.6 is 11.6 Å². The largest absolute Gasteiger partial charge is 0.324 e. The van der Waals surface area contributed by atoms with E-state index in [4.69, 9.17) is 11.6 Å². The van der Waals surface area contributed by atoms with Crippen LogP contribution in [0.25, 0.3) is 0 Å². The molecule has 2 rings (SSSR count). The summed E-state index contributed by atoms with van der Waals surface area (Å²) in [6.07, 6.45) is 1.97. The van der Waals surface area contributed by atoms with E-state index in [-0.39, 0.29) is 0 Å². The van der Waals surface area contributed by atoms with Gasteiger partial charge in [0.15, 0.2) is 0 Å². The van der Waals surface area contributed by atoms with Crippen LogP contribution in [0.15, 0.2) is 48.5 Å². The molecule has 0 heterocycles. The van der Waals surface area contributed by atoms with Gasteiger partial charge in [-0.15, -0.1) is 0 Å². The fourth-order valence-corrected chi connectivity index (χ4v) is 3.84. The topological polar surface area (TPSA) is 66.5 Å². The molecule has 25 heavy (non-hydrogen) atoms. The Hall–Kier alpha value is -2.05. The van der Waals surface area contributed by atoms with E-state index in [2.05, 4.69) is 5.32 Å². The molecule has 2 aromatic rings. The van der Waals surface area contributed by atoms with Crippen molar-refractivity contribution in [2.75, 3.05) is 15.9 Å². The fourth-order valence-electron chi connectivity index (χ4n) is 2.49. The maximum Gasteiger partial charge on any atom is 0.247 e. The first-order chi connectivity index (χ1) is 11.7. The van der Waals surface area contributed by atoms with E-state index in [9.17, 15) is 13.2 Å². The minimum absolute atomic E-state index is 0.346. The van der Waals surface area contributed by atoms with Gasteiger partial charge in [-0.3, -0.25) is 9.10 Å². The second-order valence-corrected chi connectivity index (χ2v) is 8.05. The van der Waals surface area contributed by atoms with Crippen LogP contribution in [0, 0.1) is 0 Å². The summed E-state index contributed by atoms with van der Waals surface area (Å²) in [7, 11) is -3.67. The van der Waals surface area contributed by atoms with Gasteiger partial charge in [0.05, 0.1) is 11.9 Å². The smallest absolute Gasteiger partial charge is 0.247 e. The Balaban J connectivity index is 2.26. The molecular formula is C18H21ClN2O3S. The van der Waals surface area contributed by atoms with Crippen LogP contribution in [-0.4, -0.2) is 26.6 Å². The Kier molecular flexibility index (Phi) is 6.08. The summed E-state index contributed by atoms with van der Waals surface area (Å²) >= 11 is 5.96. The number of hydrogen-bond donors (Lipinski definition) is 1. The Morgan fingerprint density at radius 1 is 1.20 bits per heavy atom. The predicted molar refractivity (Wildman–Crippen MR) is 103 cm³/mol. The Labute approximate surface area is 153 Å². The molecule has 2 aromatic carbocycles. The highest BCUT2D eigenvalue weighted by Crippen LogP contribution is 2.24. The van der Waals surface area contributed by atoms with Gasteiger partial charge in [-0.25, -0.2) is 8.42 Å². The number of sulfonamides is 1. The van der Waals surface area contributed by atoms with Crippen LogP contribution < -0.4 is 9.62 Å². The summed E-state index contributed by atoms with van der Waals surface area (Å²) < 4.78 is 25.5. The van der Waals surface area contributed by atoms with Crippen molar-refractivity contribution in [1.29, 1.82) is 0 Å². The van der Waals surface area contributed by atoms with Gasteiger partial charge < -0.3 is 5.32 Å². The number of aryl methyl sites for hydroxylation is 1. The Morgan fingerprint density at radius 2 is 1.84 bits per heavy atom. The number of nitrogens with one attached hydrogen (secondary N) is 1. The standard InChI is InChI=1S/C18H21ClN2O3S/c1-4-14-8-10-16(11-9-14)20-18(22)13(2)21(25(3,23)24)17-7-5-6-15(19)12-17/h5-13H,4H2,1-3H3,(H,20,22)/t13-/m0/s1. The Morgan fingerprint density at radius 3 is 2.36 bits per heavy atom. The Bertz CT molecular complexity index is 851. The maximum atomic E-state index is 12.6. The number of anilines is 2. The number of hydrogen-bond acceptors (Lipinski definition) is 3. The lowest BCUT2D eigenvalue weighted by molar-refractivity contribution is -0.116. The average molecular weight is 381 g/mol. The van der Waals surface area contributed by atoms with Gasteiger partial charge in [-0.1, -0.05) is 36.7 Å². The quantitative estimate of drug-likeness (QED) is 0.830. The van der Waals surface area contributed by atoms with E-state index in [0.717, 1.165) is 22.5 Å². The molecule has 0 spiro atoms. The zero-order valence-corrected chi connectivity index (χ0v) is 15.9. The molecule has 0 saturated heterocycles. The van der Waals surface area contributed by atoms with E-state index >= 15 is 0 Å². The molecular weight excluding hydrogens is 360 g/mol. The number of carbonyl (C=O) groups is 1. The molecule has 0 radical (unpaired) electrons. The predicted octanol–water partition coefficient (Wildman–Crippen LogP) is 3.70. The van der Waals surface area contributed by atoms with Gasteiger partial charge in [-0.2, -0.15) is 0 Å². The van der Waals surface area contributed by atoms with Crippen LogP contribution in [-0.2, 0) is 21.2 Å². The fraction of sp³-hybridized carbons (Fsp3) is 0.278. The van der Waals surface area contributed by atoms with Crippen molar-refractivity contribution < 1.29 is 13.2 Å². The van der Waals surface area contributed by atoms with Crippen molar-refractivity contribution in [3.05, 3.63) is 59.1 Å². The van der Waals surface area contributed by atoms with Gasteiger partial charge in [0, 0.05) is 10.7 Å². The minimum Gasteiger partial charge on any atom is -0.324 e. The first kappa shape index (κ1) is 19.3. The van der Waals surface area contributed by atoms with Crippen LogP contribution in [0.1, 0.15) is 19.4 Å². The average Bonchev–Trinajstić information content (AvgIpc) is 2.54. The lowest BCUT2D eigenvalue weighted by Crippen LogP contribution is -2.45. The third-order valence-corrected chi connectivity index (χ3v) is 5.26. The van der Waals surface area contributed by atoms with Crippen molar-refractivity contribution in [2.45, 2.75) is 26.3 Å². The normalized spacial score (nSPS) is 12.5. The van der Waals surface area contributed by atoms with E-state index in [1.807, 2.05) is 19.1 Å². The summed E-state index contributed by atoms with van der Waals surface area (Å²) in [5.74, 6) is -0.422. The van der Waals surface area contributed by atoms with E-state index in [1.54, 1.807) is 30.3 Å². The molecule has 1 amide bonds. The molecule has 134 valence electrons. The number of halogens is 1. The van der Waals surface area contributed by atoms with Crippen LogP contribution in [0.5, 0.6) is 0 Å². The highest BCUT2D eigenvalue weighted by molar-refractivity contribution is 7.92. The lowest BCUT2D eigenvalue weighted by Gasteiger charge is -2.28. The number of benzene rings is 2. The van der Waals surface area contributed by atoms with Crippen molar-refractivity contribution in [1.82, 2.24) is 0 Å². The van der Waals surface area contributed by atoms with Crippen LogP contribution in [0.3, 0.4) is 0 Å². The molecule has 0 fully saturated rings. The lowest BCUT2D eigenvalue weighted by atomic mass is 10.1. The van der Waals surface area contributed by atoms with Gasteiger partial charge in [0.25, 0.3) is 0 Å². The molecule has 0 aliphatic heterocycles. The highest BCUT2D eigenvalue weighted by atomic mass is 35.5. The first-order valence-corrected chi connectivity index (χ1v) is 10.1. The van der Waals surface area contributed by atoms with Crippen molar-refractivity contribution in [3.63, 3.8) is 0 Å². The third kappa shape index (κ3) is 4.96. The van der Waals surface area contributed by atoms with Crippen molar-refractivity contribution in [2.24, 2.45) is 0 Å². The summed E-state index contributed by atoms with van der Waals surface area (Å²) in [6, 6.07) is 12.9. The number of carbonyl (C=O) groups excluding carboxylic acids is 1. The van der Waals surface area contributed by atoms with E-state index < -0.39 is 22.0 Å². The van der Waals surface area contributed by atoms with Gasteiger partial charge in [-0.05, 0) is 49.2 Å². The molecule has 1 N–H and O–H groups in total. The highest BCUT2D eigenvalue weighted by Gasteiger charge is 2.29. The van der Waals surface area contributed by atoms with Crippen molar-refractivity contribution in [3.8, 4) is 0 Å². The molecule has 0 saturated carbocycles. The maximum absolute atomic E-state index is 12.6. The monoisotopic (exact) mass is 380 g/mol. The van der Waals surface area contributed by atoms with E-state index in [0.29, 0.717) is 16.4 Å². The van der Waals surface area contributed by atoms with Gasteiger partial charge in [0.2, 0.25) is 15.9 Å². The summed E-state index contributed by atoms with van der Waals surface area (Å²) in [4.78, 5) is 12.6. The van der Waals surface area contributed by atoms with Crippen LogP contribution in [0.2, 0.25) is 5.02 Å². The molecule has 1 atom stereocenters. The number of rotatable bonds is 6. The molecule has 5 nitrogen and oxygen atoms in total. The zero-order valence-electron chi connectivity index (χ0n) is 14.4. The molecule has 0 aliphatic rings. The molecule has 0 aliphatic carbocycles. The second-order valence-electron chi connectivity index (χ2n) is 5.75. The number of amides is 1. The van der Waals surface area contributed by atoms with Crippen molar-refractivity contribution >= 4 is 38.9 Å². The molecule has 0 aromatic heterocycles. The molecule has 0 unspecified atom stereocenters. The van der Waals surface area contributed by atoms with Gasteiger partial charge >= 0.3 is 0 Å².